The van der Waals surface area contributed by atoms with E-state index in [0.717, 1.165) is 0 Å². The number of benzene rings is 2. The van der Waals surface area contributed by atoms with E-state index in [9.17, 15) is 13.2 Å². The summed E-state index contributed by atoms with van der Waals surface area (Å²) in [6, 6.07) is 17.9. The van der Waals surface area contributed by atoms with Crippen molar-refractivity contribution in [2.75, 3.05) is 17.1 Å². The van der Waals surface area contributed by atoms with E-state index >= 15 is 0 Å². The maximum Gasteiger partial charge on any atom is 0.263 e. The molecule has 0 spiro atoms. The van der Waals surface area contributed by atoms with Crippen LogP contribution in [-0.4, -0.2) is 31.5 Å². The minimum atomic E-state index is -3.81. The molecule has 0 amide bonds. The highest BCUT2D eigenvalue weighted by Crippen LogP contribution is 2.18. The van der Waals surface area contributed by atoms with Crippen molar-refractivity contribution in [2.45, 2.75) is 4.90 Å². The molecule has 0 aliphatic carbocycles. The third-order valence-corrected chi connectivity index (χ3v) is 5.17. The lowest BCUT2D eigenvalue weighted by Crippen LogP contribution is -2.14. The Labute approximate surface area is 168 Å². The van der Waals surface area contributed by atoms with Crippen LogP contribution < -0.4 is 14.8 Å². The van der Waals surface area contributed by atoms with Gasteiger partial charge in [0.2, 0.25) is 5.88 Å². The number of aromatic nitrogens is 2. The van der Waals surface area contributed by atoms with Crippen LogP contribution in [0.25, 0.3) is 0 Å². The number of hydrogen-bond donors (Lipinski definition) is 2. The zero-order valence-corrected chi connectivity index (χ0v) is 16.3. The number of sulfonamides is 1. The number of anilines is 2. The average Bonchev–Trinajstić information content (AvgIpc) is 2.75. The Hall–Kier alpha value is -3.72. The van der Waals surface area contributed by atoms with Gasteiger partial charge in [-0.25, -0.2) is 8.42 Å². The summed E-state index contributed by atoms with van der Waals surface area (Å²) < 4.78 is 32.1. The number of rotatable bonds is 8. The molecule has 0 aliphatic heterocycles. The third kappa shape index (κ3) is 5.39. The Morgan fingerprint density at radius 2 is 1.69 bits per heavy atom. The van der Waals surface area contributed by atoms with Gasteiger partial charge in [-0.15, -0.1) is 10.2 Å². The maximum absolute atomic E-state index is 12.4. The summed E-state index contributed by atoms with van der Waals surface area (Å²) in [6.07, 6.45) is 2.91. The highest BCUT2D eigenvalue weighted by Gasteiger charge is 2.15. The lowest BCUT2D eigenvalue weighted by molar-refractivity contribution is 0.104. The van der Waals surface area contributed by atoms with E-state index in [1.807, 2.05) is 6.07 Å². The first-order valence-electron chi connectivity index (χ1n) is 8.51. The maximum atomic E-state index is 12.4. The van der Waals surface area contributed by atoms with Crippen molar-refractivity contribution in [3.8, 4) is 5.88 Å². The number of hydrogen-bond acceptors (Lipinski definition) is 7. The number of ketones is 1. The molecule has 0 bridgehead atoms. The molecule has 0 radical (unpaired) electrons. The molecule has 29 heavy (non-hydrogen) atoms. The number of carbonyl (C=O) groups is 1. The molecule has 3 aromatic rings. The van der Waals surface area contributed by atoms with Gasteiger partial charge in [0.1, 0.15) is 0 Å². The fourth-order valence-corrected chi connectivity index (χ4v) is 3.32. The molecule has 2 aromatic carbocycles. The van der Waals surface area contributed by atoms with E-state index < -0.39 is 10.0 Å². The molecule has 148 valence electrons. The van der Waals surface area contributed by atoms with Crippen LogP contribution in [0.3, 0.4) is 0 Å². The molecule has 2 N–H and O–H groups in total. The van der Waals surface area contributed by atoms with Crippen LogP contribution >= 0.6 is 0 Å². The number of carbonyl (C=O) groups excluding carboxylic acids is 1. The van der Waals surface area contributed by atoms with Crippen LogP contribution in [0.4, 0.5) is 11.5 Å². The molecule has 0 atom stereocenters. The molecule has 0 unspecified atom stereocenters. The number of methoxy groups -OCH3 is 1. The van der Waals surface area contributed by atoms with Gasteiger partial charge in [0.25, 0.3) is 10.0 Å². The zero-order chi connectivity index (χ0) is 20.7. The smallest absolute Gasteiger partial charge is 0.263 e. The number of ether oxygens (including phenoxy) is 1. The van der Waals surface area contributed by atoms with Gasteiger partial charge in [0.05, 0.1) is 12.0 Å². The Bertz CT molecular complexity index is 1100. The van der Waals surface area contributed by atoms with Crippen molar-refractivity contribution in [3.63, 3.8) is 0 Å². The minimum absolute atomic E-state index is 0.0602. The number of allylic oxidation sites excluding steroid dienone is 1. The van der Waals surface area contributed by atoms with Gasteiger partial charge >= 0.3 is 0 Å². The summed E-state index contributed by atoms with van der Waals surface area (Å²) in [6.45, 7) is 0. The summed E-state index contributed by atoms with van der Waals surface area (Å²) in [5.41, 5.74) is 1.21. The molecule has 0 saturated heterocycles. The highest BCUT2D eigenvalue weighted by molar-refractivity contribution is 7.92. The molecule has 1 aromatic heterocycles. The lowest BCUT2D eigenvalue weighted by Gasteiger charge is -2.08. The van der Waals surface area contributed by atoms with Crippen LogP contribution in [0.1, 0.15) is 10.4 Å². The van der Waals surface area contributed by atoms with E-state index in [-0.39, 0.29) is 22.4 Å². The van der Waals surface area contributed by atoms with Crippen LogP contribution in [-0.2, 0) is 10.0 Å². The lowest BCUT2D eigenvalue weighted by atomic mass is 10.1. The second-order valence-electron chi connectivity index (χ2n) is 5.80. The second-order valence-corrected chi connectivity index (χ2v) is 7.48. The van der Waals surface area contributed by atoms with Crippen LogP contribution in [0, 0.1) is 0 Å². The summed E-state index contributed by atoms with van der Waals surface area (Å²) in [5, 5.41) is 10.4. The second kappa shape index (κ2) is 8.98. The Balaban J connectivity index is 1.62. The Kier molecular flexibility index (Phi) is 6.20. The molecule has 8 nitrogen and oxygen atoms in total. The van der Waals surface area contributed by atoms with Crippen molar-refractivity contribution in [1.82, 2.24) is 10.2 Å². The van der Waals surface area contributed by atoms with Gasteiger partial charge < -0.3 is 10.1 Å². The van der Waals surface area contributed by atoms with Gasteiger partial charge in [-0.1, -0.05) is 30.3 Å². The molecular weight excluding hydrogens is 392 g/mol. The van der Waals surface area contributed by atoms with E-state index in [1.54, 1.807) is 36.4 Å². The fourth-order valence-electron chi connectivity index (χ4n) is 2.32. The van der Waals surface area contributed by atoms with E-state index in [4.69, 9.17) is 4.74 Å². The van der Waals surface area contributed by atoms with Gasteiger partial charge in [-0.05, 0) is 30.3 Å². The predicted molar refractivity (Wildman–Crippen MR) is 109 cm³/mol. The highest BCUT2D eigenvalue weighted by atomic mass is 32.2. The molecule has 0 saturated carbocycles. The molecule has 9 heteroatoms. The molecule has 0 aliphatic rings. The van der Waals surface area contributed by atoms with Crippen LogP contribution in [0.2, 0.25) is 0 Å². The Morgan fingerprint density at radius 3 is 2.31 bits per heavy atom. The average molecular weight is 410 g/mol. The van der Waals surface area contributed by atoms with Gasteiger partial charge in [0.15, 0.2) is 11.6 Å². The van der Waals surface area contributed by atoms with Crippen molar-refractivity contribution >= 4 is 27.3 Å². The fraction of sp³-hybridized carbons (Fsp3) is 0.0500. The summed E-state index contributed by atoms with van der Waals surface area (Å²) in [5.74, 6) is 0.222. The normalized spacial score (nSPS) is 11.2. The van der Waals surface area contributed by atoms with Gasteiger partial charge in [-0.3, -0.25) is 9.52 Å². The standard InChI is InChI=1S/C20H18N4O4S/c1-28-20-12-11-19(22-23-20)24-29(26,27)17-9-7-16(8-10-17)21-14-13-18(25)15-5-3-2-4-6-15/h2-14,21H,1H3,(H,22,24)/b14-13+. The van der Waals surface area contributed by atoms with Crippen molar-refractivity contribution in [2.24, 2.45) is 0 Å². The molecular formula is C20H18N4O4S. The summed E-state index contributed by atoms with van der Waals surface area (Å²) >= 11 is 0. The van der Waals surface area contributed by atoms with Crippen LogP contribution in [0.5, 0.6) is 5.88 Å². The number of nitrogens with zero attached hydrogens (tertiary/aromatic N) is 2. The topological polar surface area (TPSA) is 110 Å². The SMILES string of the molecule is COc1ccc(NS(=O)(=O)c2ccc(N/C=C/C(=O)c3ccccc3)cc2)nn1. The minimum Gasteiger partial charge on any atom is -0.480 e. The first-order valence-corrected chi connectivity index (χ1v) is 9.99. The number of nitrogens with one attached hydrogen (secondary N) is 2. The van der Waals surface area contributed by atoms with Gasteiger partial charge in [-0.2, -0.15) is 0 Å². The quantitative estimate of drug-likeness (QED) is 0.434. The first-order chi connectivity index (χ1) is 14.0. The largest absolute Gasteiger partial charge is 0.480 e. The third-order valence-electron chi connectivity index (χ3n) is 3.80. The van der Waals surface area contributed by atoms with Crippen molar-refractivity contribution in [1.29, 1.82) is 0 Å². The van der Waals surface area contributed by atoms with E-state index in [2.05, 4.69) is 20.2 Å². The molecule has 1 heterocycles. The van der Waals surface area contributed by atoms with Crippen molar-refractivity contribution in [3.05, 3.63) is 84.6 Å². The van der Waals surface area contributed by atoms with E-state index in [0.29, 0.717) is 11.3 Å². The zero-order valence-electron chi connectivity index (χ0n) is 15.4. The molecule has 3 rings (SSSR count). The molecule has 0 fully saturated rings. The summed E-state index contributed by atoms with van der Waals surface area (Å²) in [4.78, 5) is 12.1. The first kappa shape index (κ1) is 20.0. The van der Waals surface area contributed by atoms with E-state index in [1.165, 1.54) is 43.7 Å². The predicted octanol–water partition coefficient (Wildman–Crippen LogP) is 3.09. The Morgan fingerprint density at radius 1 is 0.966 bits per heavy atom. The summed E-state index contributed by atoms with van der Waals surface area (Å²) in [7, 11) is -2.37. The van der Waals surface area contributed by atoms with Gasteiger partial charge in [0, 0.05) is 29.6 Å². The van der Waals surface area contributed by atoms with Crippen LogP contribution in [0.15, 0.2) is 83.9 Å². The monoisotopic (exact) mass is 410 g/mol. The van der Waals surface area contributed by atoms with Crippen molar-refractivity contribution < 1.29 is 17.9 Å².